The maximum Gasteiger partial charge on any atom is 0.238 e. The summed E-state index contributed by atoms with van der Waals surface area (Å²) in [5.74, 6) is 0.781. The lowest BCUT2D eigenvalue weighted by atomic mass is 10.0. The van der Waals surface area contributed by atoms with E-state index in [1.165, 1.54) is 31.4 Å². The predicted octanol–water partition coefficient (Wildman–Crippen LogP) is 2.30. The molecule has 2 unspecified atom stereocenters. The highest BCUT2D eigenvalue weighted by molar-refractivity contribution is 7.89. The number of anilines is 2. The van der Waals surface area contributed by atoms with Crippen LogP contribution in [0.5, 0.6) is 0 Å². The van der Waals surface area contributed by atoms with E-state index in [0.29, 0.717) is 11.7 Å². The fraction of sp³-hybridized carbons (Fsp3) is 0.571. The highest BCUT2D eigenvalue weighted by Gasteiger charge is 2.17. The molecule has 5 nitrogen and oxygen atoms in total. The lowest BCUT2D eigenvalue weighted by Crippen LogP contribution is -2.19. The number of primary sulfonamides is 1. The zero-order valence-corrected chi connectivity index (χ0v) is 12.6. The molecule has 0 saturated heterocycles. The molecular formula is C14H23N3O2S. The summed E-state index contributed by atoms with van der Waals surface area (Å²) in [5.41, 5.74) is 7.13. The first kappa shape index (κ1) is 15.1. The molecular weight excluding hydrogens is 274 g/mol. The van der Waals surface area contributed by atoms with Gasteiger partial charge < -0.3 is 11.1 Å². The zero-order valence-electron chi connectivity index (χ0n) is 11.8. The first-order valence-electron chi connectivity index (χ1n) is 7.05. The minimum absolute atomic E-state index is 0.0510. The predicted molar refractivity (Wildman–Crippen MR) is 81.9 cm³/mol. The number of sulfonamides is 1. The van der Waals surface area contributed by atoms with Gasteiger partial charge in [0, 0.05) is 6.04 Å². The van der Waals surface area contributed by atoms with Crippen molar-refractivity contribution in [3.8, 4) is 0 Å². The highest BCUT2D eigenvalue weighted by Crippen LogP contribution is 2.28. The average Bonchev–Trinajstić information content (AvgIpc) is 2.56. The van der Waals surface area contributed by atoms with Crippen LogP contribution in [-0.4, -0.2) is 14.5 Å². The van der Waals surface area contributed by atoms with Crippen LogP contribution < -0.4 is 16.2 Å². The number of hydrogen-bond acceptors (Lipinski definition) is 4. The van der Waals surface area contributed by atoms with Crippen LogP contribution in [0.3, 0.4) is 0 Å². The quantitative estimate of drug-likeness (QED) is 0.589. The summed E-state index contributed by atoms with van der Waals surface area (Å²) < 4.78 is 22.5. The Kier molecular flexibility index (Phi) is 4.55. The molecule has 1 aliphatic rings. The van der Waals surface area contributed by atoms with Crippen molar-refractivity contribution in [1.29, 1.82) is 0 Å². The van der Waals surface area contributed by atoms with Crippen LogP contribution in [0.2, 0.25) is 0 Å². The SMILES string of the molecule is CC1CCCC(Nc2ccc(S(N)(=O)=O)cc2N)CC1. The summed E-state index contributed by atoms with van der Waals surface area (Å²) in [7, 11) is -3.70. The second kappa shape index (κ2) is 6.01. The Morgan fingerprint density at radius 1 is 1.20 bits per heavy atom. The van der Waals surface area contributed by atoms with E-state index in [1.54, 1.807) is 6.07 Å². The monoisotopic (exact) mass is 297 g/mol. The molecule has 1 fully saturated rings. The van der Waals surface area contributed by atoms with Gasteiger partial charge in [-0.25, -0.2) is 13.6 Å². The largest absolute Gasteiger partial charge is 0.397 e. The van der Waals surface area contributed by atoms with Gasteiger partial charge in [0.15, 0.2) is 0 Å². The third-order valence-corrected chi connectivity index (χ3v) is 4.88. The molecule has 1 saturated carbocycles. The summed E-state index contributed by atoms with van der Waals surface area (Å²) in [6.45, 7) is 2.29. The van der Waals surface area contributed by atoms with Gasteiger partial charge in [-0.05, 0) is 43.4 Å². The van der Waals surface area contributed by atoms with E-state index in [-0.39, 0.29) is 4.90 Å². The van der Waals surface area contributed by atoms with Crippen LogP contribution >= 0.6 is 0 Å². The minimum atomic E-state index is -3.70. The fourth-order valence-corrected chi connectivity index (χ4v) is 3.25. The van der Waals surface area contributed by atoms with Crippen LogP contribution in [0.15, 0.2) is 23.1 Å². The van der Waals surface area contributed by atoms with Gasteiger partial charge in [0.25, 0.3) is 0 Å². The van der Waals surface area contributed by atoms with Gasteiger partial charge in [0.05, 0.1) is 16.3 Å². The molecule has 2 atom stereocenters. The van der Waals surface area contributed by atoms with Crippen molar-refractivity contribution >= 4 is 21.4 Å². The molecule has 20 heavy (non-hydrogen) atoms. The number of benzene rings is 1. The van der Waals surface area contributed by atoms with Gasteiger partial charge in [0.1, 0.15) is 0 Å². The minimum Gasteiger partial charge on any atom is -0.397 e. The molecule has 0 heterocycles. The Labute approximate surface area is 120 Å². The van der Waals surface area contributed by atoms with Crippen molar-refractivity contribution in [2.24, 2.45) is 11.1 Å². The van der Waals surface area contributed by atoms with E-state index in [1.807, 2.05) is 0 Å². The summed E-state index contributed by atoms with van der Waals surface area (Å²) in [4.78, 5) is 0.0510. The van der Waals surface area contributed by atoms with Crippen LogP contribution in [0.1, 0.15) is 39.0 Å². The third kappa shape index (κ3) is 3.86. The maximum atomic E-state index is 11.3. The second-order valence-electron chi connectivity index (χ2n) is 5.75. The van der Waals surface area contributed by atoms with Crippen LogP contribution in [0, 0.1) is 5.92 Å². The smallest absolute Gasteiger partial charge is 0.238 e. The molecule has 0 radical (unpaired) electrons. The van der Waals surface area contributed by atoms with Gasteiger partial charge in [-0.2, -0.15) is 0 Å². The Bertz CT molecular complexity index is 572. The van der Waals surface area contributed by atoms with Gasteiger partial charge in [-0.15, -0.1) is 0 Å². The van der Waals surface area contributed by atoms with E-state index < -0.39 is 10.0 Å². The number of hydrogen-bond donors (Lipinski definition) is 3. The molecule has 112 valence electrons. The average molecular weight is 297 g/mol. The first-order chi connectivity index (χ1) is 9.36. The van der Waals surface area contributed by atoms with Gasteiger partial charge in [-0.1, -0.05) is 19.8 Å². The molecule has 2 rings (SSSR count). The van der Waals surface area contributed by atoms with E-state index in [9.17, 15) is 8.42 Å². The number of nitrogen functional groups attached to an aromatic ring is 1. The summed E-state index contributed by atoms with van der Waals surface area (Å²) in [5, 5.41) is 8.52. The van der Waals surface area contributed by atoms with E-state index in [0.717, 1.165) is 24.4 Å². The van der Waals surface area contributed by atoms with Crippen molar-refractivity contribution in [3.63, 3.8) is 0 Å². The third-order valence-electron chi connectivity index (χ3n) is 3.97. The fourth-order valence-electron chi connectivity index (χ4n) is 2.70. The van der Waals surface area contributed by atoms with E-state index >= 15 is 0 Å². The van der Waals surface area contributed by atoms with Crippen LogP contribution in [0.25, 0.3) is 0 Å². The summed E-state index contributed by atoms with van der Waals surface area (Å²) >= 11 is 0. The molecule has 5 N–H and O–H groups in total. The first-order valence-corrected chi connectivity index (χ1v) is 8.60. The topological polar surface area (TPSA) is 98.2 Å². The summed E-state index contributed by atoms with van der Waals surface area (Å²) in [6.07, 6.45) is 5.96. The lowest BCUT2D eigenvalue weighted by Gasteiger charge is -2.19. The van der Waals surface area contributed by atoms with Crippen LogP contribution in [0.4, 0.5) is 11.4 Å². The molecule has 0 spiro atoms. The number of rotatable bonds is 3. The molecule has 6 heteroatoms. The normalized spacial score (nSPS) is 24.1. The molecule has 1 aliphatic carbocycles. The van der Waals surface area contributed by atoms with E-state index in [2.05, 4.69) is 12.2 Å². The highest BCUT2D eigenvalue weighted by atomic mass is 32.2. The Balaban J connectivity index is 2.10. The molecule has 1 aromatic carbocycles. The van der Waals surface area contributed by atoms with Gasteiger partial charge >= 0.3 is 0 Å². The summed E-state index contributed by atoms with van der Waals surface area (Å²) in [6, 6.07) is 5.01. The van der Waals surface area contributed by atoms with Crippen molar-refractivity contribution in [3.05, 3.63) is 18.2 Å². The Morgan fingerprint density at radius 2 is 1.95 bits per heavy atom. The van der Waals surface area contributed by atoms with E-state index in [4.69, 9.17) is 10.9 Å². The standard InChI is InChI=1S/C14H23N3O2S/c1-10-3-2-4-11(6-5-10)17-14-8-7-12(9-13(14)15)20(16,18)19/h7-11,17H,2-6,15H2,1H3,(H2,16,18,19). The van der Waals surface area contributed by atoms with Crippen LogP contribution in [-0.2, 0) is 10.0 Å². The van der Waals surface area contributed by atoms with Gasteiger partial charge in [0.2, 0.25) is 10.0 Å². The van der Waals surface area contributed by atoms with Crippen molar-refractivity contribution in [2.45, 2.75) is 50.0 Å². The molecule has 0 bridgehead atoms. The molecule has 1 aromatic rings. The second-order valence-corrected chi connectivity index (χ2v) is 7.31. The van der Waals surface area contributed by atoms with Crippen molar-refractivity contribution in [2.75, 3.05) is 11.1 Å². The number of nitrogens with two attached hydrogens (primary N) is 2. The van der Waals surface area contributed by atoms with Crippen molar-refractivity contribution in [1.82, 2.24) is 0 Å². The molecule has 0 amide bonds. The Morgan fingerprint density at radius 3 is 2.60 bits per heavy atom. The zero-order chi connectivity index (χ0) is 14.8. The van der Waals surface area contributed by atoms with Crippen molar-refractivity contribution < 1.29 is 8.42 Å². The lowest BCUT2D eigenvalue weighted by molar-refractivity contribution is 0.502. The van der Waals surface area contributed by atoms with Gasteiger partial charge in [-0.3, -0.25) is 0 Å². The Hall–Kier alpha value is -1.27. The molecule has 0 aliphatic heterocycles. The molecule has 0 aromatic heterocycles. The number of nitrogens with one attached hydrogen (secondary N) is 1. The maximum absolute atomic E-state index is 11.3.